The fourth-order valence-electron chi connectivity index (χ4n) is 2.60. The van der Waals surface area contributed by atoms with Gasteiger partial charge < -0.3 is 14.4 Å². The lowest BCUT2D eigenvalue weighted by Gasteiger charge is -2.20. The van der Waals surface area contributed by atoms with E-state index in [1.807, 2.05) is 0 Å². The van der Waals surface area contributed by atoms with Crippen molar-refractivity contribution in [2.24, 2.45) is 5.92 Å². The average molecular weight is 331 g/mol. The number of benzene rings is 1. The van der Waals surface area contributed by atoms with E-state index < -0.39 is 5.92 Å². The van der Waals surface area contributed by atoms with Crippen LogP contribution in [-0.2, 0) is 9.59 Å². The smallest absolute Gasteiger partial charge is 0.244 e. The number of carbonyl (C=O) groups is 2. The third-order valence-electron chi connectivity index (χ3n) is 3.83. The first kappa shape index (κ1) is 15.8. The Morgan fingerprint density at radius 1 is 1.25 bits per heavy atom. The highest BCUT2D eigenvalue weighted by molar-refractivity contribution is 6.02. The summed E-state index contributed by atoms with van der Waals surface area (Å²) >= 11 is 0. The van der Waals surface area contributed by atoms with Crippen LogP contribution in [0.25, 0.3) is 0 Å². The fourth-order valence-corrected chi connectivity index (χ4v) is 2.60. The standard InChI is InChI=1S/C15H17N5O4/c1-23-11-3-4-12(13(6-11)24-2)20-7-10(5-14(20)21)15(22)18-19-8-16-17-9-19/h3-4,6,8-10H,5,7H2,1-2H3,(H,18,22)/t10-/m0/s1. The largest absolute Gasteiger partial charge is 0.497 e. The summed E-state index contributed by atoms with van der Waals surface area (Å²) < 4.78 is 11.8. The van der Waals surface area contributed by atoms with E-state index in [1.165, 1.54) is 24.4 Å². The van der Waals surface area contributed by atoms with Crippen molar-refractivity contribution in [3.63, 3.8) is 0 Å². The molecule has 1 aromatic carbocycles. The highest BCUT2D eigenvalue weighted by Crippen LogP contribution is 2.35. The van der Waals surface area contributed by atoms with Crippen molar-refractivity contribution in [3.05, 3.63) is 30.9 Å². The summed E-state index contributed by atoms with van der Waals surface area (Å²) in [6, 6.07) is 5.19. The molecule has 2 aromatic rings. The molecular weight excluding hydrogens is 314 g/mol. The zero-order valence-electron chi connectivity index (χ0n) is 13.3. The maximum atomic E-state index is 12.3. The van der Waals surface area contributed by atoms with Crippen LogP contribution >= 0.6 is 0 Å². The third-order valence-corrected chi connectivity index (χ3v) is 3.83. The minimum atomic E-state index is -0.466. The number of aromatic nitrogens is 3. The Labute approximate surface area is 138 Å². The summed E-state index contributed by atoms with van der Waals surface area (Å²) in [6.45, 7) is 0.273. The van der Waals surface area contributed by atoms with Crippen LogP contribution in [0.3, 0.4) is 0 Å². The molecule has 0 radical (unpaired) electrons. The number of amides is 2. The van der Waals surface area contributed by atoms with Gasteiger partial charge in [-0.25, -0.2) is 4.68 Å². The summed E-state index contributed by atoms with van der Waals surface area (Å²) in [6.07, 6.45) is 2.88. The van der Waals surface area contributed by atoms with E-state index in [1.54, 1.807) is 30.2 Å². The van der Waals surface area contributed by atoms with Crippen LogP contribution in [0.4, 0.5) is 5.69 Å². The van der Waals surface area contributed by atoms with Crippen molar-refractivity contribution in [3.8, 4) is 11.5 Å². The van der Waals surface area contributed by atoms with Gasteiger partial charge >= 0.3 is 0 Å². The van der Waals surface area contributed by atoms with Gasteiger partial charge in [-0.2, -0.15) is 0 Å². The second-order valence-corrected chi connectivity index (χ2v) is 5.29. The van der Waals surface area contributed by atoms with Gasteiger partial charge in [0.15, 0.2) is 0 Å². The maximum Gasteiger partial charge on any atom is 0.244 e. The zero-order valence-corrected chi connectivity index (χ0v) is 13.3. The maximum absolute atomic E-state index is 12.3. The quantitative estimate of drug-likeness (QED) is 0.852. The van der Waals surface area contributed by atoms with E-state index in [0.29, 0.717) is 17.2 Å². The lowest BCUT2D eigenvalue weighted by atomic mass is 10.1. The van der Waals surface area contributed by atoms with Gasteiger partial charge in [0.05, 0.1) is 25.8 Å². The van der Waals surface area contributed by atoms with Crippen molar-refractivity contribution >= 4 is 17.5 Å². The molecule has 0 unspecified atom stereocenters. The van der Waals surface area contributed by atoms with Crippen LogP contribution < -0.4 is 19.8 Å². The lowest BCUT2D eigenvalue weighted by Crippen LogP contribution is -2.31. The molecule has 3 rings (SSSR count). The van der Waals surface area contributed by atoms with Crippen LogP contribution in [0.1, 0.15) is 6.42 Å². The molecule has 1 atom stereocenters. The van der Waals surface area contributed by atoms with Gasteiger partial charge in [-0.3, -0.25) is 15.0 Å². The number of carbonyl (C=O) groups excluding carboxylic acids is 2. The van der Waals surface area contributed by atoms with Crippen LogP contribution in [0, 0.1) is 5.92 Å². The van der Waals surface area contributed by atoms with Crippen LogP contribution in [0.15, 0.2) is 30.9 Å². The van der Waals surface area contributed by atoms with E-state index in [-0.39, 0.29) is 24.8 Å². The summed E-state index contributed by atoms with van der Waals surface area (Å²) in [5.74, 6) is 0.277. The number of nitrogens with one attached hydrogen (secondary N) is 1. The predicted octanol–water partition coefficient (Wildman–Crippen LogP) is 0.418. The van der Waals surface area contributed by atoms with E-state index in [9.17, 15) is 9.59 Å². The van der Waals surface area contributed by atoms with Crippen molar-refractivity contribution < 1.29 is 19.1 Å². The Hall–Kier alpha value is -3.10. The average Bonchev–Trinajstić information content (AvgIpc) is 3.23. The van der Waals surface area contributed by atoms with Gasteiger partial charge in [0.25, 0.3) is 0 Å². The fraction of sp³-hybridized carbons (Fsp3) is 0.333. The number of methoxy groups -OCH3 is 2. The molecule has 1 aromatic heterocycles. The van der Waals surface area contributed by atoms with Gasteiger partial charge in [-0.1, -0.05) is 0 Å². The van der Waals surface area contributed by atoms with Gasteiger partial charge in [-0.05, 0) is 12.1 Å². The molecule has 0 aliphatic carbocycles. The predicted molar refractivity (Wildman–Crippen MR) is 84.4 cm³/mol. The first-order valence-corrected chi connectivity index (χ1v) is 7.30. The highest BCUT2D eigenvalue weighted by atomic mass is 16.5. The number of hydrogen-bond acceptors (Lipinski definition) is 6. The Morgan fingerprint density at radius 2 is 2.00 bits per heavy atom. The Bertz CT molecular complexity index is 746. The van der Waals surface area contributed by atoms with Gasteiger partial charge in [-0.15, -0.1) is 10.2 Å². The van der Waals surface area contributed by atoms with Crippen molar-refractivity contribution in [1.82, 2.24) is 14.9 Å². The number of hydrogen-bond donors (Lipinski definition) is 1. The molecule has 1 N–H and O–H groups in total. The van der Waals surface area contributed by atoms with Crippen LogP contribution in [0.5, 0.6) is 11.5 Å². The topological polar surface area (TPSA) is 98.6 Å². The van der Waals surface area contributed by atoms with E-state index in [2.05, 4.69) is 15.6 Å². The number of rotatable bonds is 5. The first-order chi connectivity index (χ1) is 11.6. The first-order valence-electron chi connectivity index (χ1n) is 7.30. The molecule has 1 fully saturated rings. The van der Waals surface area contributed by atoms with Crippen molar-refractivity contribution in [1.29, 1.82) is 0 Å². The second-order valence-electron chi connectivity index (χ2n) is 5.29. The van der Waals surface area contributed by atoms with Crippen molar-refractivity contribution in [2.75, 3.05) is 31.1 Å². The molecule has 0 bridgehead atoms. The highest BCUT2D eigenvalue weighted by Gasteiger charge is 2.36. The van der Waals surface area contributed by atoms with E-state index >= 15 is 0 Å². The summed E-state index contributed by atoms with van der Waals surface area (Å²) in [7, 11) is 3.08. The third kappa shape index (κ3) is 3.00. The summed E-state index contributed by atoms with van der Waals surface area (Å²) in [5, 5.41) is 7.22. The molecule has 126 valence electrons. The molecule has 2 amide bonds. The lowest BCUT2D eigenvalue weighted by molar-refractivity contribution is -0.123. The molecule has 0 saturated carbocycles. The molecule has 24 heavy (non-hydrogen) atoms. The van der Waals surface area contributed by atoms with Gasteiger partial charge in [0.1, 0.15) is 24.2 Å². The van der Waals surface area contributed by atoms with Crippen LogP contribution in [0.2, 0.25) is 0 Å². The molecule has 1 saturated heterocycles. The minimum absolute atomic E-state index is 0.128. The van der Waals surface area contributed by atoms with E-state index in [4.69, 9.17) is 9.47 Å². The number of ether oxygens (including phenoxy) is 2. The molecular formula is C15H17N5O4. The van der Waals surface area contributed by atoms with Gasteiger partial charge in [0.2, 0.25) is 11.8 Å². The Morgan fingerprint density at radius 3 is 2.67 bits per heavy atom. The molecule has 1 aliphatic rings. The molecule has 9 nitrogen and oxygen atoms in total. The number of nitrogens with zero attached hydrogens (tertiary/aromatic N) is 4. The Balaban J connectivity index is 1.76. The molecule has 9 heteroatoms. The number of anilines is 1. The minimum Gasteiger partial charge on any atom is -0.497 e. The van der Waals surface area contributed by atoms with Crippen LogP contribution in [-0.4, -0.2) is 47.5 Å². The molecule has 0 spiro atoms. The Kier molecular flexibility index (Phi) is 4.32. The normalized spacial score (nSPS) is 17.0. The zero-order chi connectivity index (χ0) is 17.1. The van der Waals surface area contributed by atoms with E-state index in [0.717, 1.165) is 0 Å². The summed E-state index contributed by atoms with van der Waals surface area (Å²) in [5.41, 5.74) is 3.24. The monoisotopic (exact) mass is 331 g/mol. The second kappa shape index (κ2) is 6.57. The van der Waals surface area contributed by atoms with Crippen molar-refractivity contribution in [2.45, 2.75) is 6.42 Å². The molecule has 2 heterocycles. The SMILES string of the molecule is COc1ccc(N2C[C@@H](C(=O)Nn3cnnc3)CC2=O)c(OC)c1. The molecule has 1 aliphatic heterocycles. The van der Waals surface area contributed by atoms with Gasteiger partial charge in [0, 0.05) is 19.0 Å². The summed E-state index contributed by atoms with van der Waals surface area (Å²) in [4.78, 5) is 26.2.